The van der Waals surface area contributed by atoms with Crippen molar-refractivity contribution in [1.29, 1.82) is 0 Å². The average Bonchev–Trinajstić information content (AvgIpc) is 2.42. The quantitative estimate of drug-likeness (QED) is 0.669. The van der Waals surface area contributed by atoms with Gasteiger partial charge in [-0.3, -0.25) is 10.1 Å². The summed E-state index contributed by atoms with van der Waals surface area (Å²) < 4.78 is 5.35. The summed E-state index contributed by atoms with van der Waals surface area (Å²) in [6, 6.07) is 5.34. The molecule has 0 spiro atoms. The summed E-state index contributed by atoms with van der Waals surface area (Å²) >= 11 is 0. The maximum absolute atomic E-state index is 10.8. The third-order valence-corrected chi connectivity index (χ3v) is 3.80. The number of methoxy groups -OCH3 is 1. The highest BCUT2D eigenvalue weighted by Gasteiger charge is 2.21. The van der Waals surface area contributed by atoms with Gasteiger partial charge >= 0.3 is 0 Å². The minimum Gasteiger partial charge on any atom is -0.382 e. The molecule has 5 heteroatoms. The van der Waals surface area contributed by atoms with E-state index >= 15 is 0 Å². The maximum Gasteiger partial charge on any atom is 0.271 e. The van der Waals surface area contributed by atoms with Crippen LogP contribution in [0.4, 0.5) is 11.4 Å². The minimum atomic E-state index is -0.355. The average molecular weight is 264 g/mol. The lowest BCUT2D eigenvalue weighted by Crippen LogP contribution is -2.29. The number of nitrogens with zero attached hydrogens (tertiary/aromatic N) is 1. The molecule has 1 saturated carbocycles. The van der Waals surface area contributed by atoms with Crippen molar-refractivity contribution in [2.24, 2.45) is 0 Å². The molecule has 0 heterocycles. The molecular formula is C14H20N2O3. The zero-order valence-corrected chi connectivity index (χ0v) is 11.4. The lowest BCUT2D eigenvalue weighted by molar-refractivity contribution is -0.384. The van der Waals surface area contributed by atoms with E-state index in [1.165, 1.54) is 0 Å². The summed E-state index contributed by atoms with van der Waals surface area (Å²) in [6.45, 7) is 1.97. The molecule has 0 radical (unpaired) electrons. The monoisotopic (exact) mass is 264 g/mol. The number of benzene rings is 1. The standard InChI is InChI=1S/C14H20N2O3/c1-10-3-6-12(16(17)18)9-14(10)15-11-4-7-13(19-2)8-5-11/h3,6,9,11,13,15H,4-5,7-8H2,1-2H3. The summed E-state index contributed by atoms with van der Waals surface area (Å²) in [5.74, 6) is 0. The van der Waals surface area contributed by atoms with Crippen molar-refractivity contribution in [3.8, 4) is 0 Å². The number of rotatable bonds is 4. The Morgan fingerprint density at radius 1 is 1.32 bits per heavy atom. The first-order valence-electron chi connectivity index (χ1n) is 6.64. The van der Waals surface area contributed by atoms with Crippen LogP contribution in [0, 0.1) is 17.0 Å². The van der Waals surface area contributed by atoms with E-state index in [4.69, 9.17) is 4.74 Å². The van der Waals surface area contributed by atoms with Gasteiger partial charge in [-0.05, 0) is 38.2 Å². The molecule has 0 saturated heterocycles. The number of ether oxygens (including phenoxy) is 1. The Morgan fingerprint density at radius 3 is 2.58 bits per heavy atom. The number of hydrogen-bond donors (Lipinski definition) is 1. The molecule has 2 rings (SSSR count). The summed E-state index contributed by atoms with van der Waals surface area (Å²) in [4.78, 5) is 10.4. The fourth-order valence-electron chi connectivity index (χ4n) is 2.54. The van der Waals surface area contributed by atoms with Gasteiger partial charge in [0.15, 0.2) is 0 Å². The van der Waals surface area contributed by atoms with Gasteiger partial charge in [-0.15, -0.1) is 0 Å². The zero-order chi connectivity index (χ0) is 13.8. The summed E-state index contributed by atoms with van der Waals surface area (Å²) in [5, 5.41) is 14.2. The molecule has 0 amide bonds. The van der Waals surface area contributed by atoms with Crippen LogP contribution in [-0.4, -0.2) is 24.2 Å². The summed E-state index contributed by atoms with van der Waals surface area (Å²) in [6.07, 6.45) is 4.54. The second-order valence-corrected chi connectivity index (χ2v) is 5.11. The van der Waals surface area contributed by atoms with E-state index in [1.54, 1.807) is 25.3 Å². The van der Waals surface area contributed by atoms with Crippen LogP contribution in [0.15, 0.2) is 18.2 Å². The van der Waals surface area contributed by atoms with E-state index in [2.05, 4.69) is 5.32 Å². The van der Waals surface area contributed by atoms with Crippen LogP contribution in [0.1, 0.15) is 31.2 Å². The van der Waals surface area contributed by atoms with Crippen LogP contribution in [0.3, 0.4) is 0 Å². The molecule has 0 unspecified atom stereocenters. The predicted molar refractivity (Wildman–Crippen MR) is 74.5 cm³/mol. The molecule has 1 aliphatic rings. The van der Waals surface area contributed by atoms with Gasteiger partial charge in [0.05, 0.1) is 11.0 Å². The summed E-state index contributed by atoms with van der Waals surface area (Å²) in [7, 11) is 1.75. The number of anilines is 1. The SMILES string of the molecule is COC1CCC(Nc2cc([N+](=O)[O-])ccc2C)CC1. The maximum atomic E-state index is 10.8. The van der Waals surface area contributed by atoms with Crippen molar-refractivity contribution in [3.05, 3.63) is 33.9 Å². The van der Waals surface area contributed by atoms with Crippen molar-refractivity contribution in [2.45, 2.75) is 44.8 Å². The predicted octanol–water partition coefficient (Wildman–Crippen LogP) is 3.27. The van der Waals surface area contributed by atoms with Crippen LogP contribution < -0.4 is 5.32 Å². The highest BCUT2D eigenvalue weighted by Crippen LogP contribution is 2.27. The van der Waals surface area contributed by atoms with Crippen LogP contribution in [0.5, 0.6) is 0 Å². The van der Waals surface area contributed by atoms with E-state index in [9.17, 15) is 10.1 Å². The van der Waals surface area contributed by atoms with Gasteiger partial charge in [0.1, 0.15) is 0 Å². The van der Waals surface area contributed by atoms with Crippen molar-refractivity contribution in [3.63, 3.8) is 0 Å². The third-order valence-electron chi connectivity index (χ3n) is 3.80. The molecule has 104 valence electrons. The zero-order valence-electron chi connectivity index (χ0n) is 11.4. The van der Waals surface area contributed by atoms with Crippen LogP contribution in [-0.2, 0) is 4.74 Å². The van der Waals surface area contributed by atoms with E-state index in [-0.39, 0.29) is 10.6 Å². The van der Waals surface area contributed by atoms with Gasteiger partial charge in [-0.25, -0.2) is 0 Å². The van der Waals surface area contributed by atoms with E-state index < -0.39 is 0 Å². The van der Waals surface area contributed by atoms with Gasteiger partial charge < -0.3 is 10.1 Å². The van der Waals surface area contributed by atoms with Gasteiger partial charge in [-0.2, -0.15) is 0 Å². The Kier molecular flexibility index (Phi) is 4.37. The molecule has 1 fully saturated rings. The third kappa shape index (κ3) is 3.44. The first-order chi connectivity index (χ1) is 9.10. The highest BCUT2D eigenvalue weighted by molar-refractivity contribution is 5.57. The molecule has 0 aromatic heterocycles. The fraction of sp³-hybridized carbons (Fsp3) is 0.571. The number of hydrogen-bond acceptors (Lipinski definition) is 4. The van der Waals surface area contributed by atoms with Crippen LogP contribution >= 0.6 is 0 Å². The second kappa shape index (κ2) is 6.02. The Hall–Kier alpha value is -1.62. The van der Waals surface area contributed by atoms with Crippen LogP contribution in [0.2, 0.25) is 0 Å². The molecule has 0 atom stereocenters. The number of nitro groups is 1. The van der Waals surface area contributed by atoms with E-state index in [0.717, 1.165) is 36.9 Å². The molecular weight excluding hydrogens is 244 g/mol. The first-order valence-corrected chi connectivity index (χ1v) is 6.64. The van der Waals surface area contributed by atoms with Gasteiger partial charge in [0.25, 0.3) is 5.69 Å². The van der Waals surface area contributed by atoms with E-state index in [1.807, 2.05) is 6.92 Å². The number of nitro benzene ring substituents is 1. The highest BCUT2D eigenvalue weighted by atomic mass is 16.6. The van der Waals surface area contributed by atoms with Crippen LogP contribution in [0.25, 0.3) is 0 Å². The molecule has 0 bridgehead atoms. The Morgan fingerprint density at radius 2 is 2.00 bits per heavy atom. The number of non-ortho nitro benzene ring substituents is 1. The summed E-state index contributed by atoms with van der Waals surface area (Å²) in [5.41, 5.74) is 2.05. The second-order valence-electron chi connectivity index (χ2n) is 5.11. The molecule has 1 aromatic rings. The van der Waals surface area contributed by atoms with Crippen molar-refractivity contribution in [1.82, 2.24) is 0 Å². The lowest BCUT2D eigenvalue weighted by Gasteiger charge is -2.29. The first kappa shape index (κ1) is 13.8. The number of aryl methyl sites for hydroxylation is 1. The van der Waals surface area contributed by atoms with Gasteiger partial charge in [-0.1, -0.05) is 6.07 Å². The van der Waals surface area contributed by atoms with Crippen molar-refractivity contribution in [2.75, 3.05) is 12.4 Å². The molecule has 5 nitrogen and oxygen atoms in total. The molecule has 1 N–H and O–H groups in total. The number of nitrogens with one attached hydrogen (secondary N) is 1. The smallest absolute Gasteiger partial charge is 0.271 e. The molecule has 19 heavy (non-hydrogen) atoms. The molecule has 1 aliphatic carbocycles. The fourth-order valence-corrected chi connectivity index (χ4v) is 2.54. The Balaban J connectivity index is 2.03. The van der Waals surface area contributed by atoms with Gasteiger partial charge in [0.2, 0.25) is 0 Å². The molecule has 0 aliphatic heterocycles. The normalized spacial score (nSPS) is 23.1. The minimum absolute atomic E-state index is 0.138. The largest absolute Gasteiger partial charge is 0.382 e. The van der Waals surface area contributed by atoms with Crippen molar-refractivity contribution < 1.29 is 9.66 Å². The van der Waals surface area contributed by atoms with Crippen molar-refractivity contribution >= 4 is 11.4 Å². The van der Waals surface area contributed by atoms with E-state index in [0.29, 0.717) is 12.1 Å². The van der Waals surface area contributed by atoms with Gasteiger partial charge in [0, 0.05) is 31.0 Å². The topological polar surface area (TPSA) is 64.4 Å². The Labute approximate surface area is 113 Å². The Bertz CT molecular complexity index is 454. The lowest BCUT2D eigenvalue weighted by atomic mass is 9.92. The molecule has 1 aromatic carbocycles.